The molecular formula is C11H14. The van der Waals surface area contributed by atoms with E-state index in [4.69, 9.17) is 0 Å². The van der Waals surface area contributed by atoms with Gasteiger partial charge in [-0.1, -0.05) is 35.9 Å². The molecule has 0 atom stereocenters. The van der Waals surface area contributed by atoms with Crippen LogP contribution in [0.4, 0.5) is 0 Å². The van der Waals surface area contributed by atoms with E-state index in [-0.39, 0.29) is 0 Å². The molecule has 0 spiro atoms. The molecule has 58 valence electrons. The van der Waals surface area contributed by atoms with Gasteiger partial charge < -0.3 is 0 Å². The SMILES string of the molecule is CC#CC.Cc1ccccc1. The molecule has 0 saturated carbocycles. The van der Waals surface area contributed by atoms with Crippen LogP contribution >= 0.6 is 0 Å². The highest BCUT2D eigenvalue weighted by molar-refractivity contribution is 5.11. The van der Waals surface area contributed by atoms with Crippen LogP contribution in [0, 0.1) is 18.8 Å². The molecule has 0 aromatic heterocycles. The average molecular weight is 146 g/mol. The van der Waals surface area contributed by atoms with E-state index in [0.717, 1.165) is 0 Å². The molecule has 0 bridgehead atoms. The fourth-order valence-corrected chi connectivity index (χ4v) is 0.534. The molecule has 0 aliphatic rings. The Morgan fingerprint density at radius 1 is 0.909 bits per heavy atom. The van der Waals surface area contributed by atoms with Gasteiger partial charge in [-0.2, -0.15) is 0 Å². The van der Waals surface area contributed by atoms with E-state index in [1.807, 2.05) is 32.0 Å². The molecule has 0 N–H and O–H groups in total. The zero-order valence-corrected chi connectivity index (χ0v) is 7.39. The molecule has 1 aromatic carbocycles. The average Bonchev–Trinajstić information content (AvgIpc) is 2.07. The summed E-state index contributed by atoms with van der Waals surface area (Å²) in [5.74, 6) is 5.36. The molecule has 0 radical (unpaired) electrons. The van der Waals surface area contributed by atoms with Crippen molar-refractivity contribution in [2.45, 2.75) is 20.8 Å². The van der Waals surface area contributed by atoms with E-state index in [2.05, 4.69) is 30.9 Å². The summed E-state index contributed by atoms with van der Waals surface area (Å²) in [6, 6.07) is 10.3. The van der Waals surface area contributed by atoms with Gasteiger partial charge in [-0.15, -0.1) is 11.8 Å². The standard InChI is InChI=1S/C7H8.C4H6/c1-7-5-3-2-4-6-7;1-3-4-2/h2-6H,1H3;1-2H3. The Morgan fingerprint density at radius 3 is 1.55 bits per heavy atom. The van der Waals surface area contributed by atoms with Gasteiger partial charge >= 0.3 is 0 Å². The predicted molar refractivity (Wildman–Crippen MR) is 50.3 cm³/mol. The van der Waals surface area contributed by atoms with Crippen LogP contribution in [-0.2, 0) is 0 Å². The zero-order valence-electron chi connectivity index (χ0n) is 7.39. The lowest BCUT2D eigenvalue weighted by Crippen LogP contribution is -1.62. The van der Waals surface area contributed by atoms with Crippen LogP contribution in [0.1, 0.15) is 19.4 Å². The highest BCUT2D eigenvalue weighted by Crippen LogP contribution is 1.92. The second-order valence-corrected chi connectivity index (χ2v) is 2.15. The summed E-state index contributed by atoms with van der Waals surface area (Å²) in [6.45, 7) is 5.72. The van der Waals surface area contributed by atoms with Crippen LogP contribution in [0.2, 0.25) is 0 Å². The largest absolute Gasteiger partial charge is 0.107 e. The van der Waals surface area contributed by atoms with Crippen molar-refractivity contribution in [1.29, 1.82) is 0 Å². The van der Waals surface area contributed by atoms with Gasteiger partial charge in [0, 0.05) is 0 Å². The van der Waals surface area contributed by atoms with Gasteiger partial charge in [0.1, 0.15) is 0 Å². The first-order valence-electron chi connectivity index (χ1n) is 3.66. The summed E-state index contributed by atoms with van der Waals surface area (Å²) in [5.41, 5.74) is 1.32. The summed E-state index contributed by atoms with van der Waals surface area (Å²) >= 11 is 0. The Labute approximate surface area is 69.3 Å². The molecule has 1 rings (SSSR count). The maximum Gasteiger partial charge on any atom is -0.00271 e. The smallest absolute Gasteiger partial charge is 0.00271 e. The Kier molecular flexibility index (Phi) is 6.13. The normalized spacial score (nSPS) is 6.82. The van der Waals surface area contributed by atoms with Crippen molar-refractivity contribution < 1.29 is 0 Å². The van der Waals surface area contributed by atoms with Crippen molar-refractivity contribution >= 4 is 0 Å². The van der Waals surface area contributed by atoms with Crippen LogP contribution in [0.5, 0.6) is 0 Å². The van der Waals surface area contributed by atoms with E-state index in [0.29, 0.717) is 0 Å². The van der Waals surface area contributed by atoms with Crippen molar-refractivity contribution in [2.24, 2.45) is 0 Å². The predicted octanol–water partition coefficient (Wildman–Crippen LogP) is 3.02. The first-order chi connectivity index (χ1) is 5.31. The van der Waals surface area contributed by atoms with Gasteiger partial charge in [0.2, 0.25) is 0 Å². The minimum Gasteiger partial charge on any atom is -0.107 e. The fraction of sp³-hybridized carbons (Fsp3) is 0.273. The molecule has 0 nitrogen and oxygen atoms in total. The van der Waals surface area contributed by atoms with E-state index in [9.17, 15) is 0 Å². The molecule has 0 aliphatic carbocycles. The number of rotatable bonds is 0. The molecule has 0 saturated heterocycles. The van der Waals surface area contributed by atoms with Crippen molar-refractivity contribution in [1.82, 2.24) is 0 Å². The van der Waals surface area contributed by atoms with Crippen LogP contribution < -0.4 is 0 Å². The van der Waals surface area contributed by atoms with E-state index >= 15 is 0 Å². The number of aryl methyl sites for hydroxylation is 1. The van der Waals surface area contributed by atoms with Gasteiger partial charge in [0.05, 0.1) is 0 Å². The second-order valence-electron chi connectivity index (χ2n) is 2.15. The van der Waals surface area contributed by atoms with Gasteiger partial charge in [0.25, 0.3) is 0 Å². The van der Waals surface area contributed by atoms with Crippen molar-refractivity contribution in [2.75, 3.05) is 0 Å². The Morgan fingerprint density at radius 2 is 1.36 bits per heavy atom. The Balaban J connectivity index is 0.000000218. The molecule has 0 heterocycles. The summed E-state index contributed by atoms with van der Waals surface area (Å²) < 4.78 is 0. The summed E-state index contributed by atoms with van der Waals surface area (Å²) in [5, 5.41) is 0. The Bertz CT molecular complexity index is 217. The maximum absolute atomic E-state index is 2.68. The van der Waals surface area contributed by atoms with Gasteiger partial charge in [-0.3, -0.25) is 0 Å². The molecule has 0 fully saturated rings. The van der Waals surface area contributed by atoms with E-state index in [1.165, 1.54) is 5.56 Å². The lowest BCUT2D eigenvalue weighted by molar-refractivity contribution is 1.48. The third-order valence-corrected chi connectivity index (χ3v) is 1.19. The fourth-order valence-electron chi connectivity index (χ4n) is 0.534. The molecular weight excluding hydrogens is 132 g/mol. The highest BCUT2D eigenvalue weighted by atomic mass is 13.8. The summed E-state index contributed by atoms with van der Waals surface area (Å²) in [4.78, 5) is 0. The Hall–Kier alpha value is -1.22. The monoisotopic (exact) mass is 146 g/mol. The maximum atomic E-state index is 2.68. The molecule has 0 unspecified atom stereocenters. The van der Waals surface area contributed by atoms with Gasteiger partial charge in [0.15, 0.2) is 0 Å². The minimum absolute atomic E-state index is 1.32. The van der Waals surface area contributed by atoms with Crippen LogP contribution in [-0.4, -0.2) is 0 Å². The highest BCUT2D eigenvalue weighted by Gasteiger charge is 1.72. The van der Waals surface area contributed by atoms with Gasteiger partial charge in [-0.25, -0.2) is 0 Å². The molecule has 1 aromatic rings. The quantitative estimate of drug-likeness (QED) is 0.493. The first kappa shape index (κ1) is 9.78. The summed E-state index contributed by atoms with van der Waals surface area (Å²) in [6.07, 6.45) is 0. The number of benzene rings is 1. The third kappa shape index (κ3) is 6.67. The molecule has 0 aliphatic heterocycles. The zero-order chi connectivity index (χ0) is 8.53. The minimum atomic E-state index is 1.32. The van der Waals surface area contributed by atoms with E-state index < -0.39 is 0 Å². The van der Waals surface area contributed by atoms with Crippen LogP contribution in [0.15, 0.2) is 30.3 Å². The molecule has 0 amide bonds. The van der Waals surface area contributed by atoms with Crippen molar-refractivity contribution in [3.8, 4) is 11.8 Å². The second kappa shape index (κ2) is 6.89. The third-order valence-electron chi connectivity index (χ3n) is 1.19. The topological polar surface area (TPSA) is 0 Å². The molecule has 0 heteroatoms. The van der Waals surface area contributed by atoms with Crippen molar-refractivity contribution in [3.63, 3.8) is 0 Å². The lowest BCUT2D eigenvalue weighted by Gasteiger charge is -1.82. The lowest BCUT2D eigenvalue weighted by atomic mass is 10.2. The number of hydrogen-bond donors (Lipinski definition) is 0. The number of hydrogen-bond acceptors (Lipinski definition) is 0. The van der Waals surface area contributed by atoms with Crippen LogP contribution in [0.25, 0.3) is 0 Å². The first-order valence-corrected chi connectivity index (χ1v) is 3.66. The molecule has 11 heavy (non-hydrogen) atoms. The van der Waals surface area contributed by atoms with Crippen LogP contribution in [0.3, 0.4) is 0 Å². The van der Waals surface area contributed by atoms with Crippen molar-refractivity contribution in [3.05, 3.63) is 35.9 Å². The summed E-state index contributed by atoms with van der Waals surface area (Å²) in [7, 11) is 0. The van der Waals surface area contributed by atoms with Gasteiger partial charge in [-0.05, 0) is 20.8 Å². The van der Waals surface area contributed by atoms with E-state index in [1.54, 1.807) is 0 Å².